The summed E-state index contributed by atoms with van der Waals surface area (Å²) in [6, 6.07) is 11.5. The molecule has 0 aliphatic carbocycles. The monoisotopic (exact) mass is 441 g/mol. The van der Waals surface area contributed by atoms with Gasteiger partial charge in [0.1, 0.15) is 22.6 Å². The number of nitrogens with zero attached hydrogens (tertiary/aromatic N) is 2. The standard InChI is InChI=1S/C22H20FN3O2S2/c1-13-7-8-15(9-14(13)2)24-20(27)19-11-29-12-26(19)22(28)18-10-30-21(25-18)16-5-3-4-6-17(16)23/h3-10,19H,11-12H2,1-2H3,(H,24,27). The van der Waals surface area contributed by atoms with Crippen molar-refractivity contribution in [2.24, 2.45) is 0 Å². The van der Waals surface area contributed by atoms with Gasteiger partial charge in [-0.25, -0.2) is 9.37 Å². The fourth-order valence-electron chi connectivity index (χ4n) is 3.18. The maximum Gasteiger partial charge on any atom is 0.274 e. The average Bonchev–Trinajstić information content (AvgIpc) is 3.40. The van der Waals surface area contributed by atoms with E-state index in [0.29, 0.717) is 27.9 Å². The van der Waals surface area contributed by atoms with Crippen molar-refractivity contribution in [3.05, 3.63) is 70.5 Å². The highest BCUT2D eigenvalue weighted by Gasteiger charge is 2.36. The number of rotatable bonds is 4. The summed E-state index contributed by atoms with van der Waals surface area (Å²) >= 11 is 2.74. The molecule has 0 saturated carbocycles. The molecule has 3 aromatic rings. The lowest BCUT2D eigenvalue weighted by atomic mass is 10.1. The van der Waals surface area contributed by atoms with Gasteiger partial charge < -0.3 is 10.2 Å². The second kappa shape index (κ2) is 8.57. The molecule has 0 bridgehead atoms. The van der Waals surface area contributed by atoms with E-state index in [1.807, 2.05) is 32.0 Å². The van der Waals surface area contributed by atoms with Crippen LogP contribution in [-0.2, 0) is 4.79 Å². The molecule has 2 heterocycles. The molecule has 0 radical (unpaired) electrons. The van der Waals surface area contributed by atoms with Crippen LogP contribution in [0.5, 0.6) is 0 Å². The van der Waals surface area contributed by atoms with Crippen LogP contribution in [0.2, 0.25) is 0 Å². The number of hydrogen-bond acceptors (Lipinski definition) is 5. The van der Waals surface area contributed by atoms with Crippen LogP contribution in [0.25, 0.3) is 10.6 Å². The summed E-state index contributed by atoms with van der Waals surface area (Å²) in [6.45, 7) is 4.00. The summed E-state index contributed by atoms with van der Waals surface area (Å²) in [5.41, 5.74) is 3.54. The molecule has 1 N–H and O–H groups in total. The second-order valence-electron chi connectivity index (χ2n) is 7.10. The predicted octanol–water partition coefficient (Wildman–Crippen LogP) is 4.72. The minimum absolute atomic E-state index is 0.221. The van der Waals surface area contributed by atoms with Gasteiger partial charge >= 0.3 is 0 Å². The van der Waals surface area contributed by atoms with Crippen LogP contribution >= 0.6 is 23.1 Å². The first-order valence-electron chi connectivity index (χ1n) is 9.41. The van der Waals surface area contributed by atoms with E-state index in [0.717, 1.165) is 11.1 Å². The third-order valence-electron chi connectivity index (χ3n) is 5.05. The zero-order valence-electron chi connectivity index (χ0n) is 16.5. The average molecular weight is 442 g/mol. The van der Waals surface area contributed by atoms with Gasteiger partial charge in [0.2, 0.25) is 5.91 Å². The molecule has 30 heavy (non-hydrogen) atoms. The Morgan fingerprint density at radius 1 is 1.17 bits per heavy atom. The molecule has 1 aliphatic rings. The zero-order chi connectivity index (χ0) is 21.3. The van der Waals surface area contributed by atoms with Crippen molar-refractivity contribution < 1.29 is 14.0 Å². The number of carbonyl (C=O) groups excluding carboxylic acids is 2. The van der Waals surface area contributed by atoms with Crippen molar-refractivity contribution in [3.63, 3.8) is 0 Å². The highest BCUT2D eigenvalue weighted by atomic mass is 32.2. The lowest BCUT2D eigenvalue weighted by Gasteiger charge is -2.22. The van der Waals surface area contributed by atoms with Crippen molar-refractivity contribution in [1.82, 2.24) is 9.88 Å². The zero-order valence-corrected chi connectivity index (χ0v) is 18.1. The fourth-order valence-corrected chi connectivity index (χ4v) is 5.16. The van der Waals surface area contributed by atoms with Crippen LogP contribution in [0.3, 0.4) is 0 Å². The molecule has 1 fully saturated rings. The van der Waals surface area contributed by atoms with E-state index in [9.17, 15) is 14.0 Å². The minimum atomic E-state index is -0.581. The number of anilines is 1. The Morgan fingerprint density at radius 3 is 2.73 bits per heavy atom. The molecule has 4 rings (SSSR count). The number of aromatic nitrogens is 1. The smallest absolute Gasteiger partial charge is 0.274 e. The van der Waals surface area contributed by atoms with E-state index in [4.69, 9.17) is 0 Å². The molecule has 1 atom stereocenters. The van der Waals surface area contributed by atoms with E-state index < -0.39 is 6.04 Å². The molecule has 1 aromatic heterocycles. The minimum Gasteiger partial charge on any atom is -0.324 e. The topological polar surface area (TPSA) is 62.3 Å². The molecular weight excluding hydrogens is 421 g/mol. The van der Waals surface area contributed by atoms with E-state index in [2.05, 4.69) is 10.3 Å². The van der Waals surface area contributed by atoms with Crippen molar-refractivity contribution in [2.75, 3.05) is 16.9 Å². The number of thiazole rings is 1. The van der Waals surface area contributed by atoms with Crippen molar-refractivity contribution >= 4 is 40.6 Å². The third-order valence-corrected chi connectivity index (χ3v) is 6.94. The van der Waals surface area contributed by atoms with Gasteiger partial charge in [-0.2, -0.15) is 0 Å². The molecule has 2 aromatic carbocycles. The summed E-state index contributed by atoms with van der Waals surface area (Å²) in [6.07, 6.45) is 0. The van der Waals surface area contributed by atoms with Crippen molar-refractivity contribution in [1.29, 1.82) is 0 Å². The van der Waals surface area contributed by atoms with Crippen LogP contribution in [0.15, 0.2) is 47.8 Å². The van der Waals surface area contributed by atoms with Gasteiger partial charge in [0.25, 0.3) is 5.91 Å². The molecule has 154 valence electrons. The van der Waals surface area contributed by atoms with Gasteiger partial charge in [0.15, 0.2) is 0 Å². The van der Waals surface area contributed by atoms with Gasteiger partial charge in [-0.1, -0.05) is 18.2 Å². The van der Waals surface area contributed by atoms with Gasteiger partial charge in [0.05, 0.1) is 5.88 Å². The molecule has 0 spiro atoms. The molecular formula is C22H20FN3O2S2. The summed E-state index contributed by atoms with van der Waals surface area (Å²) in [7, 11) is 0. The number of carbonyl (C=O) groups is 2. The maximum atomic E-state index is 14.0. The number of amides is 2. The molecule has 1 unspecified atom stereocenters. The summed E-state index contributed by atoms with van der Waals surface area (Å²) < 4.78 is 14.0. The Labute approximate surface area is 182 Å². The Kier molecular flexibility index (Phi) is 5.87. The van der Waals surface area contributed by atoms with Gasteiger partial charge in [0, 0.05) is 22.4 Å². The molecule has 8 heteroatoms. The summed E-state index contributed by atoms with van der Waals surface area (Å²) in [5.74, 6) is 0.0109. The Bertz CT molecular complexity index is 1120. The second-order valence-corrected chi connectivity index (χ2v) is 8.95. The Morgan fingerprint density at radius 2 is 1.97 bits per heavy atom. The number of nitrogens with one attached hydrogen (secondary N) is 1. The normalized spacial score (nSPS) is 16.0. The highest BCUT2D eigenvalue weighted by Crippen LogP contribution is 2.29. The lowest BCUT2D eigenvalue weighted by Crippen LogP contribution is -2.44. The first kappa shape index (κ1) is 20.6. The fraction of sp³-hybridized carbons (Fsp3) is 0.227. The van der Waals surface area contributed by atoms with E-state index in [-0.39, 0.29) is 23.3 Å². The maximum absolute atomic E-state index is 14.0. The van der Waals surface area contributed by atoms with E-state index in [1.54, 1.807) is 23.6 Å². The molecule has 1 saturated heterocycles. The van der Waals surface area contributed by atoms with Crippen LogP contribution in [0, 0.1) is 19.7 Å². The Balaban J connectivity index is 1.50. The number of halogens is 1. The van der Waals surface area contributed by atoms with Crippen LogP contribution in [0.1, 0.15) is 21.6 Å². The first-order valence-corrected chi connectivity index (χ1v) is 11.4. The molecule has 1 aliphatic heterocycles. The Hall–Kier alpha value is -2.71. The van der Waals surface area contributed by atoms with Gasteiger partial charge in [-0.15, -0.1) is 23.1 Å². The molecule has 2 amide bonds. The lowest BCUT2D eigenvalue weighted by molar-refractivity contribution is -0.119. The van der Waals surface area contributed by atoms with Crippen molar-refractivity contribution in [2.45, 2.75) is 19.9 Å². The first-order chi connectivity index (χ1) is 14.4. The predicted molar refractivity (Wildman–Crippen MR) is 119 cm³/mol. The number of hydrogen-bond donors (Lipinski definition) is 1. The largest absolute Gasteiger partial charge is 0.324 e. The summed E-state index contributed by atoms with van der Waals surface area (Å²) in [4.78, 5) is 31.7. The van der Waals surface area contributed by atoms with E-state index >= 15 is 0 Å². The SMILES string of the molecule is Cc1ccc(NC(=O)C2CSCN2C(=O)c2csc(-c3ccccc3F)n2)cc1C. The van der Waals surface area contributed by atoms with Crippen LogP contribution < -0.4 is 5.32 Å². The third kappa shape index (κ3) is 4.11. The highest BCUT2D eigenvalue weighted by molar-refractivity contribution is 7.99. The number of aryl methyl sites for hydroxylation is 2. The quantitative estimate of drug-likeness (QED) is 0.636. The number of thioether (sulfide) groups is 1. The van der Waals surface area contributed by atoms with Gasteiger partial charge in [-0.3, -0.25) is 9.59 Å². The molecule has 5 nitrogen and oxygen atoms in total. The van der Waals surface area contributed by atoms with Gasteiger partial charge in [-0.05, 0) is 49.2 Å². The summed E-state index contributed by atoms with van der Waals surface area (Å²) in [5, 5.41) is 4.97. The van der Waals surface area contributed by atoms with Crippen molar-refractivity contribution in [3.8, 4) is 10.6 Å². The van der Waals surface area contributed by atoms with Crippen LogP contribution in [0.4, 0.5) is 10.1 Å². The van der Waals surface area contributed by atoms with E-state index in [1.165, 1.54) is 34.1 Å². The number of benzene rings is 2. The van der Waals surface area contributed by atoms with Crippen LogP contribution in [-0.4, -0.2) is 39.4 Å².